The number of amides is 1. The van der Waals surface area contributed by atoms with Gasteiger partial charge in [-0.2, -0.15) is 0 Å². The quantitative estimate of drug-likeness (QED) is 0.368. The molecule has 0 radical (unpaired) electrons. The Labute approximate surface area is 216 Å². The lowest BCUT2D eigenvalue weighted by molar-refractivity contribution is -0.0886. The van der Waals surface area contributed by atoms with Crippen molar-refractivity contribution in [3.05, 3.63) is 117 Å². The third kappa shape index (κ3) is 3.77. The number of fused-ring (bicyclic) bond motifs is 1. The van der Waals surface area contributed by atoms with Crippen molar-refractivity contribution >= 4 is 29.1 Å². The van der Waals surface area contributed by atoms with Crippen molar-refractivity contribution in [3.63, 3.8) is 0 Å². The Morgan fingerprint density at radius 3 is 2.47 bits per heavy atom. The fourth-order valence-corrected chi connectivity index (χ4v) is 4.88. The first-order valence-electron chi connectivity index (χ1n) is 11.0. The van der Waals surface area contributed by atoms with Gasteiger partial charge in [-0.15, -0.1) is 0 Å². The van der Waals surface area contributed by atoms with Crippen LogP contribution in [0.15, 0.2) is 67.1 Å². The predicted molar refractivity (Wildman–Crippen MR) is 132 cm³/mol. The highest BCUT2D eigenvalue weighted by Gasteiger charge is 2.54. The van der Waals surface area contributed by atoms with Gasteiger partial charge < -0.3 is 14.8 Å². The summed E-state index contributed by atoms with van der Waals surface area (Å²) >= 11 is 12.1. The van der Waals surface area contributed by atoms with Gasteiger partial charge >= 0.3 is 0 Å². The average molecular weight is 527 g/mol. The van der Waals surface area contributed by atoms with Crippen molar-refractivity contribution in [1.82, 2.24) is 19.9 Å². The Kier molecular flexibility index (Phi) is 6.08. The molecule has 36 heavy (non-hydrogen) atoms. The van der Waals surface area contributed by atoms with Crippen LogP contribution in [0.3, 0.4) is 0 Å². The Balaban J connectivity index is 1.72. The molecule has 3 heterocycles. The van der Waals surface area contributed by atoms with Gasteiger partial charge in [0.1, 0.15) is 17.2 Å². The van der Waals surface area contributed by atoms with E-state index in [4.69, 9.17) is 27.9 Å². The summed E-state index contributed by atoms with van der Waals surface area (Å²) in [7, 11) is 1.41. The molecule has 0 fully saturated rings. The van der Waals surface area contributed by atoms with Crippen LogP contribution in [0.4, 0.5) is 4.39 Å². The van der Waals surface area contributed by atoms with Crippen LogP contribution in [-0.4, -0.2) is 38.0 Å². The van der Waals surface area contributed by atoms with Gasteiger partial charge in [0.25, 0.3) is 5.91 Å². The molecule has 0 aliphatic carbocycles. The fourth-order valence-electron chi connectivity index (χ4n) is 4.64. The summed E-state index contributed by atoms with van der Waals surface area (Å²) < 4.78 is 22.0. The molecule has 4 aromatic rings. The van der Waals surface area contributed by atoms with E-state index in [1.807, 2.05) is 0 Å². The summed E-state index contributed by atoms with van der Waals surface area (Å²) in [6.45, 7) is 1.48. The van der Waals surface area contributed by atoms with Crippen LogP contribution >= 0.6 is 23.2 Å². The summed E-state index contributed by atoms with van der Waals surface area (Å²) in [5.74, 6) is -0.995. The molecule has 1 unspecified atom stereocenters. The molecule has 0 bridgehead atoms. The Morgan fingerprint density at radius 1 is 1.14 bits per heavy atom. The molecule has 0 saturated carbocycles. The number of hydrogen-bond acceptors (Lipinski definition) is 5. The molecule has 2 N–H and O–H groups in total. The molecular formula is C26H21Cl2FN4O3. The number of ether oxygens (including phenoxy) is 1. The van der Waals surface area contributed by atoms with Gasteiger partial charge in [0.2, 0.25) is 0 Å². The highest BCUT2D eigenvalue weighted by molar-refractivity contribution is 6.30. The molecule has 0 spiro atoms. The van der Waals surface area contributed by atoms with Crippen LogP contribution in [0.25, 0.3) is 0 Å². The van der Waals surface area contributed by atoms with Gasteiger partial charge in [-0.3, -0.25) is 14.7 Å². The van der Waals surface area contributed by atoms with Crippen molar-refractivity contribution in [2.24, 2.45) is 0 Å². The summed E-state index contributed by atoms with van der Waals surface area (Å²) in [6.07, 6.45) is 4.51. The number of pyridine rings is 1. The normalized spacial score (nSPS) is 18.8. The number of imidazole rings is 1. The summed E-state index contributed by atoms with van der Waals surface area (Å²) in [5, 5.41) is 12.1. The van der Waals surface area contributed by atoms with Crippen LogP contribution < -0.4 is 0 Å². The number of nitrogens with zero attached hydrogens (tertiary/aromatic N) is 3. The van der Waals surface area contributed by atoms with Crippen molar-refractivity contribution in [3.8, 4) is 0 Å². The van der Waals surface area contributed by atoms with Gasteiger partial charge in [0, 0.05) is 36.3 Å². The Bertz CT molecular complexity index is 1430. The van der Waals surface area contributed by atoms with E-state index < -0.39 is 23.1 Å². The number of H-pyrrole nitrogens is 1. The first-order valence-corrected chi connectivity index (χ1v) is 11.7. The van der Waals surface area contributed by atoms with Crippen LogP contribution in [0.2, 0.25) is 10.0 Å². The molecule has 1 aliphatic rings. The minimum Gasteiger partial charge on any atom is -0.377 e. The number of hydrogen-bond donors (Lipinski definition) is 2. The van der Waals surface area contributed by atoms with Crippen molar-refractivity contribution in [2.75, 3.05) is 7.11 Å². The average Bonchev–Trinajstić information content (AvgIpc) is 3.49. The standard InChI is InChI=1S/C26H21Cl2FN4O3/c1-25(35,24-30-9-10-31-24)16-11-20-22(21(29)12-16)26(36-2,15-3-5-17(27)6-4-15)33(23(20)34)14-19-8-7-18(28)13-32-19/h3-13,35H,14H2,1-2H3,(H,30,31)/t25?,26-/m1/s1. The molecule has 1 amide bonds. The number of methoxy groups -OCH3 is 1. The minimum absolute atomic E-state index is 0.00446. The van der Waals surface area contributed by atoms with Crippen LogP contribution in [0, 0.1) is 5.82 Å². The number of halogens is 3. The lowest BCUT2D eigenvalue weighted by Gasteiger charge is -2.38. The number of aliphatic hydroxyl groups is 1. The van der Waals surface area contributed by atoms with Crippen LogP contribution in [0.5, 0.6) is 0 Å². The zero-order valence-corrected chi connectivity index (χ0v) is 20.8. The zero-order chi connectivity index (χ0) is 25.7. The van der Waals surface area contributed by atoms with E-state index in [2.05, 4.69) is 15.0 Å². The Hall–Kier alpha value is -3.30. The SMILES string of the molecule is CO[C@]1(c2ccc(Cl)cc2)c2c(F)cc(C(C)(O)c3ncc[nH]3)cc2C(=O)N1Cc1ccc(Cl)cn1. The number of carbonyl (C=O) groups excluding carboxylic acids is 1. The molecule has 1 aliphatic heterocycles. The third-order valence-electron chi connectivity index (χ3n) is 6.45. The van der Waals surface area contributed by atoms with Crippen molar-refractivity contribution in [1.29, 1.82) is 0 Å². The van der Waals surface area contributed by atoms with Gasteiger partial charge in [0.05, 0.1) is 28.4 Å². The number of benzene rings is 2. The van der Waals surface area contributed by atoms with E-state index >= 15 is 4.39 Å². The largest absolute Gasteiger partial charge is 0.377 e. The first kappa shape index (κ1) is 24.4. The lowest BCUT2D eigenvalue weighted by Crippen LogP contribution is -2.46. The second-order valence-electron chi connectivity index (χ2n) is 8.60. The molecule has 0 saturated heterocycles. The maximum absolute atomic E-state index is 16.0. The summed E-state index contributed by atoms with van der Waals surface area (Å²) in [4.78, 5) is 26.6. The molecule has 2 atom stereocenters. The minimum atomic E-state index is -1.68. The Morgan fingerprint density at radius 2 is 1.86 bits per heavy atom. The highest BCUT2D eigenvalue weighted by atomic mass is 35.5. The second kappa shape index (κ2) is 8.97. The number of aromatic amines is 1. The van der Waals surface area contributed by atoms with Gasteiger partial charge in [-0.05, 0) is 48.9 Å². The molecule has 10 heteroatoms. The molecule has 2 aromatic heterocycles. The van der Waals surface area contributed by atoms with Crippen molar-refractivity contribution < 1.29 is 19.0 Å². The van der Waals surface area contributed by atoms with E-state index in [-0.39, 0.29) is 29.1 Å². The van der Waals surface area contributed by atoms with E-state index in [0.29, 0.717) is 21.3 Å². The lowest BCUT2D eigenvalue weighted by atomic mass is 9.87. The highest BCUT2D eigenvalue weighted by Crippen LogP contribution is 2.48. The smallest absolute Gasteiger partial charge is 0.257 e. The number of rotatable bonds is 6. The van der Waals surface area contributed by atoms with Gasteiger partial charge in [-0.25, -0.2) is 9.37 Å². The maximum atomic E-state index is 16.0. The molecule has 7 nitrogen and oxygen atoms in total. The number of nitrogens with one attached hydrogen (secondary N) is 1. The summed E-state index contributed by atoms with van der Waals surface area (Å²) in [5.41, 5.74) is -2.01. The van der Waals surface area contributed by atoms with Gasteiger partial charge in [-0.1, -0.05) is 35.3 Å². The molecule has 5 rings (SSSR count). The van der Waals surface area contributed by atoms with Gasteiger partial charge in [0.15, 0.2) is 5.72 Å². The molecule has 184 valence electrons. The maximum Gasteiger partial charge on any atom is 0.257 e. The van der Waals surface area contributed by atoms with E-state index in [1.54, 1.807) is 42.6 Å². The third-order valence-corrected chi connectivity index (χ3v) is 6.92. The second-order valence-corrected chi connectivity index (χ2v) is 9.48. The predicted octanol–water partition coefficient (Wildman–Crippen LogP) is 5.01. The monoisotopic (exact) mass is 526 g/mol. The van der Waals surface area contributed by atoms with Crippen molar-refractivity contribution in [2.45, 2.75) is 24.8 Å². The van der Waals surface area contributed by atoms with E-state index in [9.17, 15) is 9.90 Å². The molecular weight excluding hydrogens is 506 g/mol. The molecule has 2 aromatic carbocycles. The summed E-state index contributed by atoms with van der Waals surface area (Å²) in [6, 6.07) is 12.7. The van der Waals surface area contributed by atoms with E-state index in [1.165, 1.54) is 43.5 Å². The zero-order valence-electron chi connectivity index (χ0n) is 19.3. The number of aromatic nitrogens is 3. The number of carbonyl (C=O) groups is 1. The fraction of sp³-hybridized carbons (Fsp3) is 0.192. The van der Waals surface area contributed by atoms with E-state index in [0.717, 1.165) is 0 Å². The first-order chi connectivity index (χ1) is 17.2. The van der Waals surface area contributed by atoms with Crippen LogP contribution in [0.1, 0.15) is 45.5 Å². The topological polar surface area (TPSA) is 91.3 Å². The van der Waals surface area contributed by atoms with Crippen LogP contribution in [-0.2, 0) is 22.6 Å².